The van der Waals surface area contributed by atoms with Gasteiger partial charge in [0.25, 0.3) is 5.88 Å². The first-order valence-corrected chi connectivity index (χ1v) is 6.41. The van der Waals surface area contributed by atoms with Gasteiger partial charge in [0.05, 0.1) is 7.11 Å². The Hall–Kier alpha value is -1.97. The Balaban J connectivity index is 2.03. The van der Waals surface area contributed by atoms with Gasteiger partial charge in [0.2, 0.25) is 11.3 Å². The van der Waals surface area contributed by atoms with Crippen LogP contribution in [-0.4, -0.2) is 27.4 Å². The number of fused-ring (bicyclic) bond motifs is 1. The SMILES string of the molecule is COc1nc2nonc2nc1Nc1cccc(I)c1. The molecule has 0 bridgehead atoms. The highest BCUT2D eigenvalue weighted by atomic mass is 127. The van der Waals surface area contributed by atoms with Gasteiger partial charge in [-0.2, -0.15) is 9.97 Å². The maximum Gasteiger partial charge on any atom is 0.259 e. The Morgan fingerprint density at radius 3 is 2.74 bits per heavy atom. The number of benzene rings is 1. The number of methoxy groups -OCH3 is 1. The lowest BCUT2D eigenvalue weighted by molar-refractivity contribution is 0.313. The first-order chi connectivity index (χ1) is 9.26. The molecular formula is C11H8IN5O2. The monoisotopic (exact) mass is 369 g/mol. The van der Waals surface area contributed by atoms with Crippen molar-refractivity contribution in [1.82, 2.24) is 20.3 Å². The molecule has 7 nitrogen and oxygen atoms in total. The Morgan fingerprint density at radius 1 is 1.21 bits per heavy atom. The topological polar surface area (TPSA) is 86.0 Å². The normalized spacial score (nSPS) is 10.6. The summed E-state index contributed by atoms with van der Waals surface area (Å²) >= 11 is 2.23. The summed E-state index contributed by atoms with van der Waals surface area (Å²) < 4.78 is 10.9. The van der Waals surface area contributed by atoms with E-state index in [4.69, 9.17) is 4.74 Å². The van der Waals surface area contributed by atoms with Crippen LogP contribution < -0.4 is 10.1 Å². The summed E-state index contributed by atoms with van der Waals surface area (Å²) in [4.78, 5) is 8.42. The second kappa shape index (κ2) is 4.96. The van der Waals surface area contributed by atoms with Gasteiger partial charge in [-0.05, 0) is 51.1 Å². The predicted octanol–water partition coefficient (Wildman–Crippen LogP) is 2.37. The third-order valence-corrected chi connectivity index (χ3v) is 3.03. The van der Waals surface area contributed by atoms with Gasteiger partial charge in [-0.15, -0.1) is 0 Å². The number of nitrogens with one attached hydrogen (secondary N) is 1. The lowest BCUT2D eigenvalue weighted by Gasteiger charge is -2.08. The van der Waals surface area contributed by atoms with Crippen LogP contribution in [0.1, 0.15) is 0 Å². The van der Waals surface area contributed by atoms with Crippen LogP contribution in [0, 0.1) is 3.57 Å². The van der Waals surface area contributed by atoms with Crippen molar-refractivity contribution in [2.75, 3.05) is 12.4 Å². The Labute approximate surface area is 121 Å². The number of halogens is 1. The van der Waals surface area contributed by atoms with Crippen molar-refractivity contribution in [3.63, 3.8) is 0 Å². The van der Waals surface area contributed by atoms with E-state index in [9.17, 15) is 0 Å². The van der Waals surface area contributed by atoms with E-state index in [0.717, 1.165) is 9.26 Å². The van der Waals surface area contributed by atoms with Crippen LogP contribution in [0.2, 0.25) is 0 Å². The van der Waals surface area contributed by atoms with Crippen LogP contribution in [0.5, 0.6) is 5.88 Å². The van der Waals surface area contributed by atoms with Crippen molar-refractivity contribution in [2.24, 2.45) is 0 Å². The van der Waals surface area contributed by atoms with E-state index < -0.39 is 0 Å². The second-order valence-corrected chi connectivity index (χ2v) is 4.87. The molecule has 0 saturated heterocycles. The molecule has 96 valence electrons. The third-order valence-electron chi connectivity index (χ3n) is 2.36. The molecule has 1 aromatic carbocycles. The average molecular weight is 369 g/mol. The molecule has 3 rings (SSSR count). The van der Waals surface area contributed by atoms with E-state index in [1.165, 1.54) is 7.11 Å². The number of anilines is 2. The molecule has 0 aliphatic heterocycles. The van der Waals surface area contributed by atoms with Crippen LogP contribution in [0.4, 0.5) is 11.5 Å². The van der Waals surface area contributed by atoms with Crippen molar-refractivity contribution < 1.29 is 9.37 Å². The minimum absolute atomic E-state index is 0.310. The minimum atomic E-state index is 0.310. The molecule has 0 unspecified atom stereocenters. The summed E-state index contributed by atoms with van der Waals surface area (Å²) in [6, 6.07) is 7.85. The molecule has 0 fully saturated rings. The van der Waals surface area contributed by atoms with E-state index in [0.29, 0.717) is 23.0 Å². The average Bonchev–Trinajstić information content (AvgIpc) is 2.85. The standard InChI is InChI=1S/C11H8IN5O2/c1-18-11-10(13-7-4-2-3-6(12)5-7)14-8-9(15-11)17-19-16-8/h2-5H,1H3,(H,13,14,16). The van der Waals surface area contributed by atoms with Crippen LogP contribution in [0.3, 0.4) is 0 Å². The number of rotatable bonds is 3. The number of hydrogen-bond donors (Lipinski definition) is 1. The predicted molar refractivity (Wildman–Crippen MR) is 76.4 cm³/mol. The lowest BCUT2D eigenvalue weighted by Crippen LogP contribution is -2.00. The minimum Gasteiger partial charge on any atom is -0.478 e. The zero-order valence-corrected chi connectivity index (χ0v) is 12.0. The van der Waals surface area contributed by atoms with Gasteiger partial charge >= 0.3 is 0 Å². The summed E-state index contributed by atoms with van der Waals surface area (Å²) in [5, 5.41) is 10.4. The maximum absolute atomic E-state index is 5.18. The molecule has 0 atom stereocenters. The fourth-order valence-corrected chi connectivity index (χ4v) is 2.09. The Kier molecular flexibility index (Phi) is 3.15. The molecule has 2 aromatic heterocycles. The zero-order chi connectivity index (χ0) is 13.2. The highest BCUT2D eigenvalue weighted by Crippen LogP contribution is 2.25. The first-order valence-electron chi connectivity index (χ1n) is 5.33. The number of nitrogens with zero attached hydrogens (tertiary/aromatic N) is 4. The quantitative estimate of drug-likeness (QED) is 0.710. The molecule has 3 aromatic rings. The molecule has 0 aliphatic rings. The van der Waals surface area contributed by atoms with Gasteiger partial charge < -0.3 is 10.1 Å². The molecule has 1 N–H and O–H groups in total. The van der Waals surface area contributed by atoms with Crippen LogP contribution in [0.15, 0.2) is 28.9 Å². The Morgan fingerprint density at radius 2 is 2.00 bits per heavy atom. The highest BCUT2D eigenvalue weighted by Gasteiger charge is 2.13. The zero-order valence-electron chi connectivity index (χ0n) is 9.79. The van der Waals surface area contributed by atoms with Crippen molar-refractivity contribution in [1.29, 1.82) is 0 Å². The molecule has 0 amide bonds. The van der Waals surface area contributed by atoms with E-state index in [1.54, 1.807) is 0 Å². The second-order valence-electron chi connectivity index (χ2n) is 3.63. The molecular weight excluding hydrogens is 361 g/mol. The molecule has 0 aliphatic carbocycles. The summed E-state index contributed by atoms with van der Waals surface area (Å²) in [5.41, 5.74) is 1.52. The van der Waals surface area contributed by atoms with Crippen molar-refractivity contribution in [2.45, 2.75) is 0 Å². The highest BCUT2D eigenvalue weighted by molar-refractivity contribution is 14.1. The largest absolute Gasteiger partial charge is 0.478 e. The molecule has 8 heteroatoms. The van der Waals surface area contributed by atoms with E-state index in [1.807, 2.05) is 24.3 Å². The fourth-order valence-electron chi connectivity index (χ4n) is 1.55. The summed E-state index contributed by atoms with van der Waals surface area (Å²) in [5.74, 6) is 0.801. The summed E-state index contributed by atoms with van der Waals surface area (Å²) in [7, 11) is 1.52. The molecule has 2 heterocycles. The van der Waals surface area contributed by atoms with Crippen LogP contribution in [-0.2, 0) is 0 Å². The number of ether oxygens (including phenoxy) is 1. The van der Waals surface area contributed by atoms with Crippen molar-refractivity contribution >= 4 is 45.4 Å². The van der Waals surface area contributed by atoms with Gasteiger partial charge in [0.15, 0.2) is 5.82 Å². The van der Waals surface area contributed by atoms with Gasteiger partial charge in [0.1, 0.15) is 0 Å². The van der Waals surface area contributed by atoms with Gasteiger partial charge in [-0.25, -0.2) is 4.63 Å². The molecule has 0 spiro atoms. The first kappa shape index (κ1) is 12.1. The summed E-state index contributed by atoms with van der Waals surface area (Å²) in [6.07, 6.45) is 0. The van der Waals surface area contributed by atoms with Gasteiger partial charge in [0, 0.05) is 9.26 Å². The third kappa shape index (κ3) is 2.43. The lowest BCUT2D eigenvalue weighted by atomic mass is 10.3. The van der Waals surface area contributed by atoms with E-state index >= 15 is 0 Å². The molecule has 0 saturated carbocycles. The number of aromatic nitrogens is 4. The van der Waals surface area contributed by atoms with Gasteiger partial charge in [-0.3, -0.25) is 0 Å². The maximum atomic E-state index is 5.18. The Bertz CT molecular complexity index is 730. The van der Waals surface area contributed by atoms with Crippen LogP contribution >= 0.6 is 22.6 Å². The molecule has 19 heavy (non-hydrogen) atoms. The fraction of sp³-hybridized carbons (Fsp3) is 0.0909. The van der Waals surface area contributed by atoms with E-state index in [2.05, 4.69) is 52.8 Å². The van der Waals surface area contributed by atoms with Crippen molar-refractivity contribution in [3.05, 3.63) is 27.8 Å². The van der Waals surface area contributed by atoms with Crippen LogP contribution in [0.25, 0.3) is 11.3 Å². The number of hydrogen-bond acceptors (Lipinski definition) is 7. The van der Waals surface area contributed by atoms with Gasteiger partial charge in [-0.1, -0.05) is 6.07 Å². The smallest absolute Gasteiger partial charge is 0.259 e. The molecule has 0 radical (unpaired) electrons. The van der Waals surface area contributed by atoms with E-state index in [-0.39, 0.29) is 0 Å². The summed E-state index contributed by atoms with van der Waals surface area (Å²) in [6.45, 7) is 0. The van der Waals surface area contributed by atoms with Crippen molar-refractivity contribution in [3.8, 4) is 5.88 Å².